The van der Waals surface area contributed by atoms with Gasteiger partial charge in [-0.3, -0.25) is 20.4 Å². The van der Waals surface area contributed by atoms with Gasteiger partial charge < -0.3 is 4.74 Å². The number of amides is 2. The standard InChI is InChI=1S/C15H15N3O3S/c1-9-13(22-8-16-9)15(20)18-17-14(19)11-6-7-21-12-5-3-2-4-10(11)12/h2-5,8,11H,6-7H2,1H3,(H,17,19)(H,18,20)/t11-/m1/s1. The zero-order valence-corrected chi connectivity index (χ0v) is 12.8. The summed E-state index contributed by atoms with van der Waals surface area (Å²) in [4.78, 5) is 28.8. The molecule has 3 rings (SSSR count). The van der Waals surface area contributed by atoms with E-state index in [1.807, 2.05) is 24.3 Å². The fraction of sp³-hybridized carbons (Fsp3) is 0.267. The molecule has 22 heavy (non-hydrogen) atoms. The first kappa shape index (κ1) is 14.5. The lowest BCUT2D eigenvalue weighted by molar-refractivity contribution is -0.124. The third-order valence-electron chi connectivity index (χ3n) is 3.53. The van der Waals surface area contributed by atoms with Gasteiger partial charge in [0.25, 0.3) is 5.91 Å². The van der Waals surface area contributed by atoms with Gasteiger partial charge in [-0.2, -0.15) is 0 Å². The Bertz CT molecular complexity index is 714. The number of nitrogens with zero attached hydrogens (tertiary/aromatic N) is 1. The molecular formula is C15H15N3O3S. The third-order valence-corrected chi connectivity index (χ3v) is 4.45. The second kappa shape index (κ2) is 6.15. The molecule has 7 heteroatoms. The number of hydrogen-bond donors (Lipinski definition) is 2. The summed E-state index contributed by atoms with van der Waals surface area (Å²) < 4.78 is 5.53. The Hall–Kier alpha value is -2.41. The van der Waals surface area contributed by atoms with E-state index in [1.54, 1.807) is 12.4 Å². The number of benzene rings is 1. The molecule has 114 valence electrons. The minimum Gasteiger partial charge on any atom is -0.493 e. The number of carbonyl (C=O) groups excluding carboxylic acids is 2. The van der Waals surface area contributed by atoms with E-state index in [4.69, 9.17) is 4.74 Å². The number of hydrogen-bond acceptors (Lipinski definition) is 5. The summed E-state index contributed by atoms with van der Waals surface area (Å²) in [7, 11) is 0. The highest BCUT2D eigenvalue weighted by Gasteiger charge is 2.27. The molecule has 2 heterocycles. The second-order valence-corrected chi connectivity index (χ2v) is 5.79. The van der Waals surface area contributed by atoms with Crippen molar-refractivity contribution in [3.8, 4) is 5.75 Å². The Morgan fingerprint density at radius 3 is 2.91 bits per heavy atom. The van der Waals surface area contributed by atoms with Gasteiger partial charge in [0.1, 0.15) is 10.6 Å². The molecule has 1 aromatic carbocycles. The molecule has 1 aliphatic rings. The van der Waals surface area contributed by atoms with Crippen LogP contribution in [0.4, 0.5) is 0 Å². The minimum atomic E-state index is -0.353. The van der Waals surface area contributed by atoms with E-state index in [0.29, 0.717) is 23.6 Å². The highest BCUT2D eigenvalue weighted by molar-refractivity contribution is 7.11. The maximum absolute atomic E-state index is 12.3. The molecule has 1 aromatic heterocycles. The van der Waals surface area contributed by atoms with Crippen LogP contribution in [0, 0.1) is 6.92 Å². The number of carbonyl (C=O) groups is 2. The van der Waals surface area contributed by atoms with E-state index >= 15 is 0 Å². The molecule has 0 spiro atoms. The van der Waals surface area contributed by atoms with Gasteiger partial charge in [-0.25, -0.2) is 4.98 Å². The minimum absolute atomic E-state index is 0.244. The van der Waals surface area contributed by atoms with Crippen molar-refractivity contribution < 1.29 is 14.3 Å². The fourth-order valence-electron chi connectivity index (χ4n) is 2.40. The molecule has 6 nitrogen and oxygen atoms in total. The number of nitrogens with one attached hydrogen (secondary N) is 2. The number of aryl methyl sites for hydroxylation is 1. The summed E-state index contributed by atoms with van der Waals surface area (Å²) in [5.41, 5.74) is 8.02. The van der Waals surface area contributed by atoms with Crippen molar-refractivity contribution in [3.63, 3.8) is 0 Å². The molecule has 0 aliphatic carbocycles. The molecule has 2 aromatic rings. The SMILES string of the molecule is Cc1ncsc1C(=O)NNC(=O)[C@@H]1CCOc2ccccc21. The molecular weight excluding hydrogens is 302 g/mol. The van der Waals surface area contributed by atoms with Crippen LogP contribution in [0.1, 0.15) is 33.3 Å². The number of aromatic nitrogens is 1. The van der Waals surface area contributed by atoms with Crippen molar-refractivity contribution in [3.05, 3.63) is 45.9 Å². The fourth-order valence-corrected chi connectivity index (χ4v) is 3.09. The predicted molar refractivity (Wildman–Crippen MR) is 81.8 cm³/mol. The van der Waals surface area contributed by atoms with Crippen LogP contribution in [0.3, 0.4) is 0 Å². The Morgan fingerprint density at radius 2 is 2.14 bits per heavy atom. The van der Waals surface area contributed by atoms with Crippen molar-refractivity contribution in [2.45, 2.75) is 19.3 Å². The summed E-state index contributed by atoms with van der Waals surface area (Å²) in [6, 6.07) is 7.45. The van der Waals surface area contributed by atoms with E-state index in [1.165, 1.54) is 11.3 Å². The molecule has 0 bridgehead atoms. The topological polar surface area (TPSA) is 80.3 Å². The number of hydrazine groups is 1. The zero-order valence-electron chi connectivity index (χ0n) is 12.0. The van der Waals surface area contributed by atoms with Crippen LogP contribution in [-0.2, 0) is 4.79 Å². The van der Waals surface area contributed by atoms with E-state index in [-0.39, 0.29) is 17.7 Å². The highest BCUT2D eigenvalue weighted by atomic mass is 32.1. The average Bonchev–Trinajstić information content (AvgIpc) is 2.98. The summed E-state index contributed by atoms with van der Waals surface area (Å²) >= 11 is 1.24. The lowest BCUT2D eigenvalue weighted by atomic mass is 9.92. The van der Waals surface area contributed by atoms with Crippen LogP contribution >= 0.6 is 11.3 Å². The summed E-state index contributed by atoms with van der Waals surface area (Å²) in [5, 5.41) is 0. The molecule has 0 unspecified atom stereocenters. The summed E-state index contributed by atoms with van der Waals surface area (Å²) in [6.07, 6.45) is 0.582. The molecule has 0 saturated carbocycles. The van der Waals surface area contributed by atoms with Crippen LogP contribution in [-0.4, -0.2) is 23.4 Å². The smallest absolute Gasteiger partial charge is 0.281 e. The lowest BCUT2D eigenvalue weighted by Crippen LogP contribution is -2.44. The molecule has 0 fully saturated rings. The van der Waals surface area contributed by atoms with E-state index < -0.39 is 0 Å². The first-order valence-electron chi connectivity index (χ1n) is 6.89. The van der Waals surface area contributed by atoms with E-state index in [2.05, 4.69) is 15.8 Å². The largest absolute Gasteiger partial charge is 0.493 e. The average molecular weight is 317 g/mol. The van der Waals surface area contributed by atoms with E-state index in [9.17, 15) is 9.59 Å². The van der Waals surface area contributed by atoms with Gasteiger partial charge in [0.05, 0.1) is 23.7 Å². The van der Waals surface area contributed by atoms with E-state index in [0.717, 1.165) is 11.3 Å². The summed E-state index contributed by atoms with van der Waals surface area (Å²) in [6.45, 7) is 2.24. The van der Waals surface area contributed by atoms with Crippen LogP contribution < -0.4 is 15.6 Å². The first-order valence-corrected chi connectivity index (χ1v) is 7.77. The van der Waals surface area contributed by atoms with Crippen molar-refractivity contribution in [1.29, 1.82) is 0 Å². The Kier molecular flexibility index (Phi) is 4.06. The van der Waals surface area contributed by atoms with Crippen molar-refractivity contribution >= 4 is 23.2 Å². The van der Waals surface area contributed by atoms with Crippen molar-refractivity contribution in [1.82, 2.24) is 15.8 Å². The van der Waals surface area contributed by atoms with Crippen LogP contribution in [0.15, 0.2) is 29.8 Å². The Balaban J connectivity index is 1.66. The Labute approximate surface area is 131 Å². The molecule has 0 saturated heterocycles. The highest BCUT2D eigenvalue weighted by Crippen LogP contribution is 2.33. The van der Waals surface area contributed by atoms with Gasteiger partial charge in [-0.05, 0) is 19.4 Å². The van der Waals surface area contributed by atoms with Gasteiger partial charge in [0, 0.05) is 5.56 Å². The van der Waals surface area contributed by atoms with Gasteiger partial charge >= 0.3 is 0 Å². The first-order chi connectivity index (χ1) is 10.7. The normalized spacial score (nSPS) is 16.3. The number of rotatable bonds is 2. The molecule has 2 N–H and O–H groups in total. The van der Waals surface area contributed by atoms with Crippen molar-refractivity contribution in [2.75, 3.05) is 6.61 Å². The lowest BCUT2D eigenvalue weighted by Gasteiger charge is -2.25. The van der Waals surface area contributed by atoms with Gasteiger partial charge in [0.15, 0.2) is 0 Å². The molecule has 0 radical (unpaired) electrons. The van der Waals surface area contributed by atoms with Gasteiger partial charge in [-0.1, -0.05) is 18.2 Å². The molecule has 1 atom stereocenters. The number of fused-ring (bicyclic) bond motifs is 1. The quantitative estimate of drug-likeness (QED) is 0.827. The second-order valence-electron chi connectivity index (χ2n) is 4.94. The van der Waals surface area contributed by atoms with Gasteiger partial charge in [-0.15, -0.1) is 11.3 Å². The number of para-hydroxylation sites is 1. The maximum Gasteiger partial charge on any atom is 0.281 e. The van der Waals surface area contributed by atoms with Crippen LogP contribution in [0.25, 0.3) is 0 Å². The Morgan fingerprint density at radius 1 is 1.32 bits per heavy atom. The maximum atomic E-state index is 12.3. The third kappa shape index (κ3) is 2.80. The number of thiazole rings is 1. The molecule has 1 aliphatic heterocycles. The van der Waals surface area contributed by atoms with Crippen LogP contribution in [0.2, 0.25) is 0 Å². The summed E-state index contributed by atoms with van der Waals surface area (Å²) in [5.74, 6) is -0.203. The number of ether oxygens (including phenoxy) is 1. The zero-order chi connectivity index (χ0) is 15.5. The van der Waals surface area contributed by atoms with Crippen LogP contribution in [0.5, 0.6) is 5.75 Å². The molecule has 2 amide bonds. The monoisotopic (exact) mass is 317 g/mol. The van der Waals surface area contributed by atoms with Gasteiger partial charge in [0.2, 0.25) is 5.91 Å². The predicted octanol–water partition coefficient (Wildman–Crippen LogP) is 1.78. The van der Waals surface area contributed by atoms with Crippen molar-refractivity contribution in [2.24, 2.45) is 0 Å².